The van der Waals surface area contributed by atoms with Gasteiger partial charge >= 0.3 is 5.97 Å². The molecule has 0 heterocycles. The van der Waals surface area contributed by atoms with Crippen LogP contribution in [0.1, 0.15) is 85.5 Å². The minimum absolute atomic E-state index is 0.120. The van der Waals surface area contributed by atoms with E-state index in [1.54, 1.807) is 0 Å². The van der Waals surface area contributed by atoms with Crippen LogP contribution in [0.2, 0.25) is 0 Å². The average molecular weight is 331 g/mol. The van der Waals surface area contributed by atoms with Gasteiger partial charge in [-0.3, -0.25) is 4.79 Å². The second-order valence-electron chi connectivity index (χ2n) is 7.45. The lowest BCUT2D eigenvalue weighted by atomic mass is 10.1. The summed E-state index contributed by atoms with van der Waals surface area (Å²) in [6.07, 6.45) is 9.11. The largest absolute Gasteiger partial charge is 0.460 e. The summed E-state index contributed by atoms with van der Waals surface area (Å²) in [5.41, 5.74) is 10.1. The number of unbranched alkanes of at least 4 members (excludes halogenated alkanes) is 6. The molecule has 5 heteroatoms. The Balaban J connectivity index is 3.67. The molecule has 23 heavy (non-hydrogen) atoms. The zero-order valence-corrected chi connectivity index (χ0v) is 15.7. The third kappa shape index (κ3) is 16.0. The second kappa shape index (κ2) is 11.8. The molecule has 0 aliphatic heterocycles. The van der Waals surface area contributed by atoms with Gasteiger partial charge in [0.15, 0.2) is 0 Å². The van der Waals surface area contributed by atoms with Gasteiger partial charge in [-0.05, 0) is 47.1 Å². The van der Waals surface area contributed by atoms with Crippen molar-refractivity contribution in [3.05, 3.63) is 0 Å². The van der Waals surface area contributed by atoms with Gasteiger partial charge in [0.25, 0.3) is 0 Å². The summed E-state index contributed by atoms with van der Waals surface area (Å²) in [6, 6.07) is 0. The van der Waals surface area contributed by atoms with E-state index in [0.29, 0.717) is 19.4 Å². The zero-order chi connectivity index (χ0) is 17.8. The van der Waals surface area contributed by atoms with E-state index in [0.717, 1.165) is 25.8 Å². The quantitative estimate of drug-likeness (QED) is 0.289. The van der Waals surface area contributed by atoms with Crippen molar-refractivity contribution in [2.75, 3.05) is 13.2 Å². The Kier molecular flexibility index (Phi) is 11.5. The normalized spacial score (nSPS) is 12.4. The van der Waals surface area contributed by atoms with Gasteiger partial charge < -0.3 is 20.9 Å². The summed E-state index contributed by atoms with van der Waals surface area (Å²) in [5, 5.41) is 0. The SMILES string of the molecule is CC(C)(N)OCCC(C)(C)OC(=O)CCCCCCCCCN. The molecule has 0 aromatic carbocycles. The molecule has 0 fully saturated rings. The molecule has 138 valence electrons. The third-order valence-electron chi connectivity index (χ3n) is 3.65. The minimum Gasteiger partial charge on any atom is -0.460 e. The Morgan fingerprint density at radius 3 is 1.96 bits per heavy atom. The van der Waals surface area contributed by atoms with Crippen LogP contribution in [0.25, 0.3) is 0 Å². The van der Waals surface area contributed by atoms with E-state index < -0.39 is 11.3 Å². The Morgan fingerprint density at radius 2 is 1.43 bits per heavy atom. The molecular weight excluding hydrogens is 292 g/mol. The van der Waals surface area contributed by atoms with Gasteiger partial charge in [0, 0.05) is 12.8 Å². The van der Waals surface area contributed by atoms with Crippen LogP contribution >= 0.6 is 0 Å². The first-order valence-electron chi connectivity index (χ1n) is 9.01. The molecule has 0 aliphatic rings. The van der Waals surface area contributed by atoms with Crippen LogP contribution in [0, 0.1) is 0 Å². The lowest BCUT2D eigenvalue weighted by Crippen LogP contribution is -2.38. The van der Waals surface area contributed by atoms with Gasteiger partial charge in [0.2, 0.25) is 0 Å². The third-order valence-corrected chi connectivity index (χ3v) is 3.65. The van der Waals surface area contributed by atoms with E-state index in [2.05, 4.69) is 0 Å². The van der Waals surface area contributed by atoms with Gasteiger partial charge in [-0.25, -0.2) is 0 Å². The highest BCUT2D eigenvalue weighted by molar-refractivity contribution is 5.69. The minimum atomic E-state index is -0.649. The summed E-state index contributed by atoms with van der Waals surface area (Å²) < 4.78 is 11.0. The molecule has 0 bridgehead atoms. The fourth-order valence-corrected chi connectivity index (χ4v) is 2.27. The molecule has 0 radical (unpaired) electrons. The number of nitrogens with two attached hydrogens (primary N) is 2. The Hall–Kier alpha value is -0.650. The van der Waals surface area contributed by atoms with Crippen molar-refractivity contribution in [3.8, 4) is 0 Å². The lowest BCUT2D eigenvalue weighted by Gasteiger charge is -2.27. The number of hydrogen-bond donors (Lipinski definition) is 2. The number of carbonyl (C=O) groups is 1. The van der Waals surface area contributed by atoms with Crippen LogP contribution < -0.4 is 11.5 Å². The van der Waals surface area contributed by atoms with Crippen LogP contribution in [0.4, 0.5) is 0 Å². The molecular formula is C18H38N2O3. The molecule has 0 atom stereocenters. The van der Waals surface area contributed by atoms with Crippen molar-refractivity contribution >= 4 is 5.97 Å². The van der Waals surface area contributed by atoms with Crippen LogP contribution in [-0.4, -0.2) is 30.4 Å². The zero-order valence-electron chi connectivity index (χ0n) is 15.7. The fraction of sp³-hybridized carbons (Fsp3) is 0.944. The maximum Gasteiger partial charge on any atom is 0.306 e. The Labute approximate surface area is 142 Å². The van der Waals surface area contributed by atoms with Crippen molar-refractivity contribution < 1.29 is 14.3 Å². The van der Waals surface area contributed by atoms with Gasteiger partial charge in [0.05, 0.1) is 6.61 Å². The number of ether oxygens (including phenoxy) is 2. The maximum atomic E-state index is 11.9. The molecule has 0 spiro atoms. The van der Waals surface area contributed by atoms with E-state index in [1.807, 2.05) is 27.7 Å². The highest BCUT2D eigenvalue weighted by Gasteiger charge is 2.23. The average Bonchev–Trinajstić information content (AvgIpc) is 2.39. The summed E-state index contributed by atoms with van der Waals surface area (Å²) in [4.78, 5) is 11.9. The highest BCUT2D eigenvalue weighted by atomic mass is 16.6. The van der Waals surface area contributed by atoms with Crippen molar-refractivity contribution in [1.82, 2.24) is 0 Å². The van der Waals surface area contributed by atoms with Gasteiger partial charge in [-0.15, -0.1) is 0 Å². The highest BCUT2D eigenvalue weighted by Crippen LogP contribution is 2.18. The number of carbonyl (C=O) groups excluding carboxylic acids is 1. The van der Waals surface area contributed by atoms with E-state index in [-0.39, 0.29) is 5.97 Å². The molecule has 0 aliphatic carbocycles. The van der Waals surface area contributed by atoms with Crippen LogP contribution in [0.15, 0.2) is 0 Å². The van der Waals surface area contributed by atoms with Gasteiger partial charge in [0.1, 0.15) is 11.3 Å². The molecule has 0 aromatic rings. The van der Waals surface area contributed by atoms with E-state index in [4.69, 9.17) is 20.9 Å². The second-order valence-corrected chi connectivity index (χ2v) is 7.45. The van der Waals surface area contributed by atoms with Crippen molar-refractivity contribution in [2.24, 2.45) is 11.5 Å². The molecule has 0 rings (SSSR count). The molecule has 0 aromatic heterocycles. The first kappa shape index (κ1) is 22.4. The van der Waals surface area contributed by atoms with Crippen molar-refractivity contribution in [2.45, 2.75) is 96.8 Å². The predicted octanol–water partition coefficient (Wildman–Crippen LogP) is 3.49. The maximum absolute atomic E-state index is 11.9. The van der Waals surface area contributed by atoms with Crippen LogP contribution in [0.3, 0.4) is 0 Å². The summed E-state index contributed by atoms with van der Waals surface area (Å²) >= 11 is 0. The topological polar surface area (TPSA) is 87.6 Å². The van der Waals surface area contributed by atoms with Crippen LogP contribution in [-0.2, 0) is 14.3 Å². The van der Waals surface area contributed by atoms with Crippen molar-refractivity contribution in [1.29, 1.82) is 0 Å². The number of hydrogen-bond acceptors (Lipinski definition) is 5. The summed E-state index contributed by atoms with van der Waals surface area (Å²) in [5.74, 6) is -0.120. The van der Waals surface area contributed by atoms with E-state index in [9.17, 15) is 4.79 Å². The molecule has 5 nitrogen and oxygen atoms in total. The fourth-order valence-electron chi connectivity index (χ4n) is 2.27. The number of rotatable bonds is 14. The van der Waals surface area contributed by atoms with E-state index in [1.165, 1.54) is 25.7 Å². The molecule has 4 N–H and O–H groups in total. The monoisotopic (exact) mass is 330 g/mol. The standard InChI is InChI=1S/C18H38N2O3/c1-17(2,13-15-22-18(3,4)20)23-16(21)12-10-8-6-5-7-9-11-14-19/h5-15,19-20H2,1-4H3. The molecule has 0 amide bonds. The Morgan fingerprint density at radius 1 is 0.913 bits per heavy atom. The van der Waals surface area contributed by atoms with E-state index >= 15 is 0 Å². The summed E-state index contributed by atoms with van der Waals surface area (Å²) in [6.45, 7) is 8.70. The molecule has 0 saturated heterocycles. The number of esters is 1. The summed E-state index contributed by atoms with van der Waals surface area (Å²) in [7, 11) is 0. The smallest absolute Gasteiger partial charge is 0.306 e. The van der Waals surface area contributed by atoms with Gasteiger partial charge in [-0.2, -0.15) is 0 Å². The molecule has 0 unspecified atom stereocenters. The molecule has 0 saturated carbocycles. The first-order chi connectivity index (χ1) is 10.7. The van der Waals surface area contributed by atoms with Crippen molar-refractivity contribution in [3.63, 3.8) is 0 Å². The Bertz CT molecular complexity index is 312. The first-order valence-corrected chi connectivity index (χ1v) is 9.01. The van der Waals surface area contributed by atoms with Gasteiger partial charge in [-0.1, -0.05) is 32.1 Å². The predicted molar refractivity (Wildman–Crippen MR) is 95.0 cm³/mol. The lowest BCUT2D eigenvalue weighted by molar-refractivity contribution is -0.159. The van der Waals surface area contributed by atoms with Crippen LogP contribution in [0.5, 0.6) is 0 Å².